The van der Waals surface area contributed by atoms with Crippen molar-refractivity contribution in [3.8, 4) is 22.8 Å². The molecule has 2 aromatic carbocycles. The van der Waals surface area contributed by atoms with Crippen LogP contribution in [-0.2, 0) is 0 Å². The van der Waals surface area contributed by atoms with Crippen molar-refractivity contribution in [1.82, 2.24) is 4.98 Å². The van der Waals surface area contributed by atoms with E-state index in [2.05, 4.69) is 32.0 Å². The van der Waals surface area contributed by atoms with Crippen LogP contribution in [0.1, 0.15) is 11.1 Å². The van der Waals surface area contributed by atoms with Crippen molar-refractivity contribution < 1.29 is 9.47 Å². The van der Waals surface area contributed by atoms with E-state index in [0.29, 0.717) is 0 Å². The summed E-state index contributed by atoms with van der Waals surface area (Å²) in [5.41, 5.74) is 5.25. The fourth-order valence-corrected chi connectivity index (χ4v) is 2.80. The number of rotatable bonds is 3. The van der Waals surface area contributed by atoms with E-state index < -0.39 is 0 Å². The number of nitrogens with zero attached hydrogens (tertiary/aromatic N) is 1. The van der Waals surface area contributed by atoms with E-state index in [-0.39, 0.29) is 0 Å². The van der Waals surface area contributed by atoms with Gasteiger partial charge in [-0.05, 0) is 44.2 Å². The van der Waals surface area contributed by atoms with Gasteiger partial charge >= 0.3 is 0 Å². The second kappa shape index (κ2) is 5.68. The van der Waals surface area contributed by atoms with Crippen LogP contribution in [0.4, 0.5) is 0 Å². The molecule has 0 radical (unpaired) electrons. The Morgan fingerprint density at radius 3 is 2.14 bits per heavy atom. The van der Waals surface area contributed by atoms with Gasteiger partial charge in [0.05, 0.1) is 19.7 Å². The smallest absolute Gasteiger partial charge is 0.145 e. The zero-order valence-electron chi connectivity index (χ0n) is 13.3. The van der Waals surface area contributed by atoms with Gasteiger partial charge in [-0.1, -0.05) is 23.3 Å². The number of hydrogen-bond acceptors (Lipinski definition) is 3. The zero-order chi connectivity index (χ0) is 15.7. The van der Waals surface area contributed by atoms with E-state index in [9.17, 15) is 0 Å². The van der Waals surface area contributed by atoms with Crippen LogP contribution < -0.4 is 9.47 Å². The maximum Gasteiger partial charge on any atom is 0.145 e. The van der Waals surface area contributed by atoms with Crippen molar-refractivity contribution in [1.29, 1.82) is 0 Å². The van der Waals surface area contributed by atoms with Crippen LogP contribution in [0, 0.1) is 13.8 Å². The van der Waals surface area contributed by atoms with Crippen molar-refractivity contribution in [3.05, 3.63) is 53.6 Å². The van der Waals surface area contributed by atoms with Crippen LogP contribution in [-0.4, -0.2) is 19.2 Å². The fraction of sp³-hybridized carbons (Fsp3) is 0.211. The molecule has 0 atom stereocenters. The summed E-state index contributed by atoms with van der Waals surface area (Å²) in [6.45, 7) is 4.18. The van der Waals surface area contributed by atoms with Gasteiger partial charge in [-0.3, -0.25) is 0 Å². The number of hydrogen-bond donors (Lipinski definition) is 0. The topological polar surface area (TPSA) is 31.4 Å². The number of benzene rings is 2. The van der Waals surface area contributed by atoms with E-state index in [4.69, 9.17) is 14.5 Å². The van der Waals surface area contributed by atoms with Gasteiger partial charge in [-0.2, -0.15) is 0 Å². The summed E-state index contributed by atoms with van der Waals surface area (Å²) >= 11 is 0. The Morgan fingerprint density at radius 2 is 1.50 bits per heavy atom. The monoisotopic (exact) mass is 293 g/mol. The minimum absolute atomic E-state index is 0.752. The first-order chi connectivity index (χ1) is 10.6. The fourth-order valence-electron chi connectivity index (χ4n) is 2.80. The highest BCUT2D eigenvalue weighted by Crippen LogP contribution is 2.35. The van der Waals surface area contributed by atoms with Crippen molar-refractivity contribution in [3.63, 3.8) is 0 Å². The van der Waals surface area contributed by atoms with Gasteiger partial charge < -0.3 is 9.47 Å². The molecule has 0 unspecified atom stereocenters. The quantitative estimate of drug-likeness (QED) is 0.710. The zero-order valence-corrected chi connectivity index (χ0v) is 13.3. The van der Waals surface area contributed by atoms with E-state index in [1.165, 1.54) is 11.1 Å². The normalized spacial score (nSPS) is 10.7. The molecule has 1 heterocycles. The van der Waals surface area contributed by atoms with Gasteiger partial charge in [0, 0.05) is 10.9 Å². The summed E-state index contributed by atoms with van der Waals surface area (Å²) in [5.74, 6) is 1.55. The molecule has 0 spiro atoms. The number of pyridine rings is 1. The third-order valence-corrected chi connectivity index (χ3v) is 3.72. The van der Waals surface area contributed by atoms with Gasteiger partial charge in [0.2, 0.25) is 0 Å². The highest BCUT2D eigenvalue weighted by atomic mass is 16.5. The molecule has 0 amide bonds. The molecule has 0 saturated carbocycles. The highest BCUT2D eigenvalue weighted by Gasteiger charge is 2.13. The number of aromatic nitrogens is 1. The summed E-state index contributed by atoms with van der Waals surface area (Å²) in [6.07, 6.45) is 0. The molecule has 1 aromatic heterocycles. The standard InChI is InChI=1S/C19H19NO2/c1-12-8-13(2)10-14(9-12)19-18(22-4)11-15-16(20-19)6-5-7-17(15)21-3/h5-11H,1-4H3. The molecule has 0 fully saturated rings. The van der Waals surface area contributed by atoms with Crippen LogP contribution in [0.25, 0.3) is 22.2 Å². The first-order valence-corrected chi connectivity index (χ1v) is 7.23. The minimum atomic E-state index is 0.752. The molecule has 0 aliphatic carbocycles. The van der Waals surface area contributed by atoms with E-state index >= 15 is 0 Å². The molecule has 3 aromatic rings. The molecule has 22 heavy (non-hydrogen) atoms. The lowest BCUT2D eigenvalue weighted by atomic mass is 10.0. The molecule has 0 N–H and O–H groups in total. The Balaban J connectivity index is 2.29. The van der Waals surface area contributed by atoms with Gasteiger partial charge in [-0.15, -0.1) is 0 Å². The largest absolute Gasteiger partial charge is 0.496 e. The van der Waals surface area contributed by atoms with Crippen molar-refractivity contribution >= 4 is 10.9 Å². The average Bonchev–Trinajstić information content (AvgIpc) is 2.52. The van der Waals surface area contributed by atoms with Crippen LogP contribution in [0.2, 0.25) is 0 Å². The average molecular weight is 293 g/mol. The number of methoxy groups -OCH3 is 2. The van der Waals surface area contributed by atoms with Crippen LogP contribution in [0.3, 0.4) is 0 Å². The Morgan fingerprint density at radius 1 is 0.818 bits per heavy atom. The third kappa shape index (κ3) is 2.50. The van der Waals surface area contributed by atoms with Crippen LogP contribution >= 0.6 is 0 Å². The minimum Gasteiger partial charge on any atom is -0.496 e. The lowest BCUT2D eigenvalue weighted by Crippen LogP contribution is -1.95. The molecule has 0 aliphatic rings. The summed E-state index contributed by atoms with van der Waals surface area (Å²) in [5, 5.41) is 0.954. The number of aryl methyl sites for hydroxylation is 2. The molecule has 3 nitrogen and oxygen atoms in total. The van der Waals surface area contributed by atoms with Gasteiger partial charge in [0.1, 0.15) is 17.2 Å². The molecule has 3 rings (SSSR count). The summed E-state index contributed by atoms with van der Waals surface area (Å²) in [4.78, 5) is 4.80. The molecule has 0 bridgehead atoms. The van der Waals surface area contributed by atoms with Gasteiger partial charge in [-0.25, -0.2) is 4.98 Å². The lowest BCUT2D eigenvalue weighted by molar-refractivity contribution is 0.412. The van der Waals surface area contributed by atoms with Crippen molar-refractivity contribution in [2.24, 2.45) is 0 Å². The molecule has 0 aliphatic heterocycles. The second-order valence-electron chi connectivity index (χ2n) is 5.44. The van der Waals surface area contributed by atoms with Gasteiger partial charge in [0.15, 0.2) is 0 Å². The van der Waals surface area contributed by atoms with Crippen molar-refractivity contribution in [2.75, 3.05) is 14.2 Å². The Labute approximate surface area is 130 Å². The summed E-state index contributed by atoms with van der Waals surface area (Å²) < 4.78 is 11.0. The van der Waals surface area contributed by atoms with Crippen LogP contribution in [0.5, 0.6) is 11.5 Å². The predicted octanol–water partition coefficient (Wildman–Crippen LogP) is 4.54. The van der Waals surface area contributed by atoms with Crippen LogP contribution in [0.15, 0.2) is 42.5 Å². The van der Waals surface area contributed by atoms with Crippen molar-refractivity contribution in [2.45, 2.75) is 13.8 Å². The van der Waals surface area contributed by atoms with Gasteiger partial charge in [0.25, 0.3) is 0 Å². The predicted molar refractivity (Wildman–Crippen MR) is 89.8 cm³/mol. The Hall–Kier alpha value is -2.55. The Bertz CT molecular complexity index is 820. The first kappa shape index (κ1) is 14.4. The molecule has 112 valence electrons. The van der Waals surface area contributed by atoms with E-state index in [0.717, 1.165) is 33.7 Å². The molecular formula is C19H19NO2. The summed E-state index contributed by atoms with van der Waals surface area (Å²) in [6, 6.07) is 14.3. The summed E-state index contributed by atoms with van der Waals surface area (Å²) in [7, 11) is 3.34. The molecule has 3 heteroatoms. The maximum atomic E-state index is 5.57. The number of fused-ring (bicyclic) bond motifs is 1. The third-order valence-electron chi connectivity index (χ3n) is 3.72. The molecule has 0 saturated heterocycles. The lowest BCUT2D eigenvalue weighted by Gasteiger charge is -2.12. The first-order valence-electron chi connectivity index (χ1n) is 7.23. The SMILES string of the molecule is COc1cc2c(OC)cccc2nc1-c1cc(C)cc(C)c1. The Kier molecular flexibility index (Phi) is 3.72. The highest BCUT2D eigenvalue weighted by molar-refractivity contribution is 5.89. The maximum absolute atomic E-state index is 5.57. The van der Waals surface area contributed by atoms with E-state index in [1.807, 2.05) is 24.3 Å². The second-order valence-corrected chi connectivity index (χ2v) is 5.44. The number of ether oxygens (including phenoxy) is 2. The molecular weight excluding hydrogens is 274 g/mol. The van der Waals surface area contributed by atoms with E-state index in [1.54, 1.807) is 14.2 Å².